The zero-order valence-corrected chi connectivity index (χ0v) is 27.2. The quantitative estimate of drug-likeness (QED) is 0.210. The van der Waals surface area contributed by atoms with Crippen LogP contribution in [0.4, 0.5) is 4.79 Å². The molecule has 1 saturated heterocycles. The molecule has 2 heterocycles. The fourth-order valence-electron chi connectivity index (χ4n) is 4.83. The number of thiazole rings is 1. The van der Waals surface area contributed by atoms with Crippen molar-refractivity contribution in [2.75, 3.05) is 32.8 Å². The van der Waals surface area contributed by atoms with Crippen LogP contribution in [0.15, 0.2) is 60.7 Å². The third kappa shape index (κ3) is 9.62. The van der Waals surface area contributed by atoms with Gasteiger partial charge in [-0.05, 0) is 39.2 Å². The lowest BCUT2D eigenvalue weighted by atomic mass is 10.1. The average molecular weight is 635 g/mol. The van der Waals surface area contributed by atoms with Gasteiger partial charge in [-0.1, -0.05) is 74.0 Å². The second-order valence-corrected chi connectivity index (χ2v) is 12.9. The molecule has 1 aromatic heterocycles. The van der Waals surface area contributed by atoms with E-state index in [0.29, 0.717) is 29.6 Å². The van der Waals surface area contributed by atoms with Gasteiger partial charge in [0.25, 0.3) is 5.91 Å². The second-order valence-electron chi connectivity index (χ2n) is 11.9. The average Bonchev–Trinajstić information content (AvgIpc) is 3.49. The van der Waals surface area contributed by atoms with Crippen molar-refractivity contribution in [2.24, 2.45) is 0 Å². The Morgan fingerprint density at radius 1 is 0.911 bits per heavy atom. The Hall–Kier alpha value is -4.25. The zero-order valence-electron chi connectivity index (χ0n) is 26.4. The Balaban J connectivity index is 1.54. The van der Waals surface area contributed by atoms with E-state index in [-0.39, 0.29) is 37.5 Å². The summed E-state index contributed by atoms with van der Waals surface area (Å²) >= 11 is 1.40. The molecule has 45 heavy (non-hydrogen) atoms. The third-order valence-corrected chi connectivity index (χ3v) is 8.29. The number of nitrogens with one attached hydrogen (secondary N) is 1. The number of hydrogen-bond donors (Lipinski definition) is 1. The summed E-state index contributed by atoms with van der Waals surface area (Å²) < 4.78 is 10.8. The summed E-state index contributed by atoms with van der Waals surface area (Å²) in [6, 6.07) is 18.1. The number of carbonyl (C=O) groups is 4. The molecule has 0 spiro atoms. The van der Waals surface area contributed by atoms with E-state index < -0.39 is 29.6 Å². The van der Waals surface area contributed by atoms with Crippen molar-refractivity contribution in [2.45, 2.75) is 65.0 Å². The van der Waals surface area contributed by atoms with Gasteiger partial charge in [0.2, 0.25) is 5.91 Å². The van der Waals surface area contributed by atoms with Gasteiger partial charge in [0.1, 0.15) is 22.3 Å². The molecule has 0 radical (unpaired) electrons. The minimum absolute atomic E-state index is 0.0507. The van der Waals surface area contributed by atoms with E-state index in [4.69, 9.17) is 14.5 Å². The number of rotatable bonds is 11. The van der Waals surface area contributed by atoms with E-state index in [1.807, 2.05) is 67.6 Å². The van der Waals surface area contributed by atoms with E-state index in [1.165, 1.54) is 11.3 Å². The lowest BCUT2D eigenvalue weighted by Crippen LogP contribution is -2.56. The van der Waals surface area contributed by atoms with Gasteiger partial charge >= 0.3 is 12.1 Å². The van der Waals surface area contributed by atoms with Crippen LogP contribution in [-0.2, 0) is 19.1 Å². The highest BCUT2D eigenvalue weighted by atomic mass is 32.1. The molecule has 0 bridgehead atoms. The van der Waals surface area contributed by atoms with Crippen molar-refractivity contribution in [3.05, 3.63) is 66.4 Å². The van der Waals surface area contributed by atoms with Crippen LogP contribution in [0.3, 0.4) is 0 Å². The normalized spacial score (nSPS) is 14.0. The van der Waals surface area contributed by atoms with Gasteiger partial charge in [0.15, 0.2) is 0 Å². The fourth-order valence-corrected chi connectivity index (χ4v) is 5.90. The molecule has 0 saturated carbocycles. The molecular formula is C34H42N4O6S. The molecule has 10 nitrogen and oxygen atoms in total. The molecule has 1 fully saturated rings. The van der Waals surface area contributed by atoms with Gasteiger partial charge in [-0.3, -0.25) is 14.4 Å². The summed E-state index contributed by atoms with van der Waals surface area (Å²) in [6.07, 6.45) is 1.32. The molecule has 240 valence electrons. The summed E-state index contributed by atoms with van der Waals surface area (Å²) in [6.45, 7) is 8.91. The smallest absolute Gasteiger partial charge is 0.409 e. The molecule has 1 unspecified atom stereocenters. The standard InChI is InChI=1S/C34H42N4O6S/c1-5-6-23-43-33(42)38-21-19-37(20-22-38)32(41)26(17-18-27(39)44-34(2,3)4)35-30(40)28-29(24-13-9-7-10-14-24)45-31(36-28)25-15-11-8-12-16-25/h7-16,26H,5-6,17-23H2,1-4H3,(H,35,40). The molecule has 1 aliphatic heterocycles. The van der Waals surface area contributed by atoms with Crippen LogP contribution in [0.2, 0.25) is 0 Å². The highest BCUT2D eigenvalue weighted by Crippen LogP contribution is 2.35. The monoisotopic (exact) mass is 634 g/mol. The van der Waals surface area contributed by atoms with Crippen LogP contribution in [-0.4, -0.2) is 83.1 Å². The molecule has 4 rings (SSSR count). The van der Waals surface area contributed by atoms with Crippen LogP contribution in [0.5, 0.6) is 0 Å². The van der Waals surface area contributed by atoms with Gasteiger partial charge in [0, 0.05) is 38.2 Å². The molecule has 1 aliphatic rings. The summed E-state index contributed by atoms with van der Waals surface area (Å²) in [5.74, 6) is -1.29. The SMILES string of the molecule is CCCCOC(=O)N1CCN(C(=O)C(CCC(=O)OC(C)(C)C)NC(=O)c2nc(-c3ccccc3)sc2-c2ccccc2)CC1. The summed E-state index contributed by atoms with van der Waals surface area (Å²) in [7, 11) is 0. The lowest BCUT2D eigenvalue weighted by Gasteiger charge is -2.36. The Morgan fingerprint density at radius 2 is 1.51 bits per heavy atom. The van der Waals surface area contributed by atoms with E-state index in [2.05, 4.69) is 5.32 Å². The number of esters is 1. The van der Waals surface area contributed by atoms with E-state index in [0.717, 1.165) is 24.0 Å². The van der Waals surface area contributed by atoms with Crippen molar-refractivity contribution in [3.8, 4) is 21.0 Å². The molecular weight excluding hydrogens is 592 g/mol. The third-order valence-electron chi connectivity index (χ3n) is 7.13. The van der Waals surface area contributed by atoms with E-state index in [1.54, 1.807) is 30.6 Å². The Morgan fingerprint density at radius 3 is 2.11 bits per heavy atom. The maximum Gasteiger partial charge on any atom is 0.409 e. The minimum atomic E-state index is -1.00. The van der Waals surface area contributed by atoms with Crippen LogP contribution in [0.1, 0.15) is 63.9 Å². The highest BCUT2D eigenvalue weighted by Gasteiger charge is 2.33. The highest BCUT2D eigenvalue weighted by molar-refractivity contribution is 7.18. The van der Waals surface area contributed by atoms with Crippen LogP contribution in [0, 0.1) is 0 Å². The summed E-state index contributed by atoms with van der Waals surface area (Å²) in [5, 5.41) is 3.57. The fraction of sp³-hybridized carbons (Fsp3) is 0.441. The Labute approximate surface area is 268 Å². The van der Waals surface area contributed by atoms with Crippen LogP contribution < -0.4 is 5.32 Å². The van der Waals surface area contributed by atoms with Gasteiger partial charge in [-0.15, -0.1) is 11.3 Å². The zero-order chi connectivity index (χ0) is 32.4. The Bertz CT molecular complexity index is 1450. The predicted molar refractivity (Wildman–Crippen MR) is 174 cm³/mol. The van der Waals surface area contributed by atoms with Crippen molar-refractivity contribution in [3.63, 3.8) is 0 Å². The van der Waals surface area contributed by atoms with Crippen LogP contribution >= 0.6 is 11.3 Å². The maximum atomic E-state index is 13.9. The molecule has 11 heteroatoms. The number of piperazine rings is 1. The van der Waals surface area contributed by atoms with Gasteiger partial charge < -0.3 is 24.6 Å². The van der Waals surface area contributed by atoms with Crippen molar-refractivity contribution < 1.29 is 28.7 Å². The first-order valence-corrected chi connectivity index (χ1v) is 16.2. The number of aromatic nitrogens is 1. The molecule has 1 N–H and O–H groups in total. The first-order valence-electron chi connectivity index (χ1n) is 15.4. The largest absolute Gasteiger partial charge is 0.460 e. The van der Waals surface area contributed by atoms with E-state index in [9.17, 15) is 19.2 Å². The summed E-state index contributed by atoms with van der Waals surface area (Å²) in [4.78, 5) is 61.4. The van der Waals surface area contributed by atoms with Crippen molar-refractivity contribution in [1.29, 1.82) is 0 Å². The number of ether oxygens (including phenoxy) is 2. The first kappa shape index (κ1) is 33.6. The topological polar surface area (TPSA) is 118 Å². The van der Waals surface area contributed by atoms with Crippen molar-refractivity contribution >= 4 is 35.2 Å². The van der Waals surface area contributed by atoms with E-state index >= 15 is 0 Å². The summed E-state index contributed by atoms with van der Waals surface area (Å²) in [5.41, 5.74) is 1.24. The molecule has 0 aliphatic carbocycles. The molecule has 3 amide bonds. The second kappa shape index (κ2) is 15.7. The Kier molecular flexibility index (Phi) is 11.7. The van der Waals surface area contributed by atoms with Gasteiger partial charge in [-0.25, -0.2) is 9.78 Å². The van der Waals surface area contributed by atoms with Crippen LogP contribution in [0.25, 0.3) is 21.0 Å². The van der Waals surface area contributed by atoms with Gasteiger partial charge in [-0.2, -0.15) is 0 Å². The van der Waals surface area contributed by atoms with Crippen molar-refractivity contribution in [1.82, 2.24) is 20.1 Å². The molecule has 2 aromatic carbocycles. The maximum absolute atomic E-state index is 13.9. The number of benzene rings is 2. The number of hydrogen-bond acceptors (Lipinski definition) is 8. The number of amides is 3. The van der Waals surface area contributed by atoms with Gasteiger partial charge in [0.05, 0.1) is 11.5 Å². The molecule has 3 aromatic rings. The number of nitrogens with zero attached hydrogens (tertiary/aromatic N) is 3. The molecule has 1 atom stereocenters. The number of carbonyl (C=O) groups excluding carboxylic acids is 4. The minimum Gasteiger partial charge on any atom is -0.460 e. The predicted octanol–water partition coefficient (Wildman–Crippen LogP) is 5.78. The number of unbranched alkanes of at least 4 members (excludes halogenated alkanes) is 1. The first-order chi connectivity index (χ1) is 21.6. The lowest BCUT2D eigenvalue weighted by molar-refractivity contribution is -0.155.